The minimum absolute atomic E-state index is 0.698. The van der Waals surface area contributed by atoms with Crippen LogP contribution >= 0.6 is 0 Å². The lowest BCUT2D eigenvalue weighted by molar-refractivity contribution is 0.317. The van der Waals surface area contributed by atoms with Gasteiger partial charge in [-0.3, -0.25) is 0 Å². The van der Waals surface area contributed by atoms with E-state index in [1.807, 2.05) is 0 Å². The van der Waals surface area contributed by atoms with Crippen LogP contribution in [-0.2, 0) is 0 Å². The van der Waals surface area contributed by atoms with Crippen molar-refractivity contribution in [3.05, 3.63) is 34.9 Å². The summed E-state index contributed by atoms with van der Waals surface area (Å²) in [7, 11) is 0. The molecule has 2 atom stereocenters. The molecule has 0 saturated heterocycles. The zero-order valence-electron chi connectivity index (χ0n) is 10.4. The SMILES string of the molecule is CC1=CC2C(=CC1)C(C)=CCC2C(C)C. The molecule has 0 amide bonds. The number of allylic oxidation sites excluding steroid dienone is 6. The van der Waals surface area contributed by atoms with Gasteiger partial charge in [0.2, 0.25) is 0 Å². The average Bonchev–Trinajstić information content (AvgIpc) is 2.17. The molecule has 0 heterocycles. The van der Waals surface area contributed by atoms with Crippen molar-refractivity contribution in [3.8, 4) is 0 Å². The molecule has 0 spiro atoms. The second kappa shape index (κ2) is 4.00. The molecule has 0 aliphatic heterocycles. The van der Waals surface area contributed by atoms with E-state index >= 15 is 0 Å². The molecule has 15 heavy (non-hydrogen) atoms. The highest BCUT2D eigenvalue weighted by molar-refractivity contribution is 5.41. The molecule has 0 bridgehead atoms. The van der Waals surface area contributed by atoms with Gasteiger partial charge >= 0.3 is 0 Å². The molecule has 0 aromatic heterocycles. The fourth-order valence-corrected chi connectivity index (χ4v) is 2.91. The quantitative estimate of drug-likeness (QED) is 0.549. The van der Waals surface area contributed by atoms with Crippen LogP contribution < -0.4 is 0 Å². The summed E-state index contributed by atoms with van der Waals surface area (Å²) >= 11 is 0. The smallest absolute Gasteiger partial charge is 0.00538 e. The van der Waals surface area contributed by atoms with Gasteiger partial charge in [0, 0.05) is 5.92 Å². The Morgan fingerprint density at radius 1 is 1.20 bits per heavy atom. The average molecular weight is 202 g/mol. The van der Waals surface area contributed by atoms with Crippen LogP contribution in [0, 0.1) is 17.8 Å². The maximum atomic E-state index is 2.51. The fraction of sp³-hybridized carbons (Fsp3) is 0.600. The fourth-order valence-electron chi connectivity index (χ4n) is 2.91. The molecular formula is C15H22. The summed E-state index contributed by atoms with van der Waals surface area (Å²) in [6, 6.07) is 0. The van der Waals surface area contributed by atoms with E-state index in [0.717, 1.165) is 18.3 Å². The second-order valence-corrected chi connectivity index (χ2v) is 5.43. The minimum Gasteiger partial charge on any atom is -0.0810 e. The zero-order chi connectivity index (χ0) is 11.0. The van der Waals surface area contributed by atoms with Gasteiger partial charge in [-0.15, -0.1) is 0 Å². The van der Waals surface area contributed by atoms with E-state index in [-0.39, 0.29) is 0 Å². The van der Waals surface area contributed by atoms with Gasteiger partial charge in [0.05, 0.1) is 0 Å². The van der Waals surface area contributed by atoms with Crippen molar-refractivity contribution < 1.29 is 0 Å². The summed E-state index contributed by atoms with van der Waals surface area (Å²) < 4.78 is 0. The van der Waals surface area contributed by atoms with E-state index in [1.165, 1.54) is 12.0 Å². The molecule has 0 heteroatoms. The highest BCUT2D eigenvalue weighted by Gasteiger charge is 2.30. The van der Waals surface area contributed by atoms with Crippen LogP contribution in [0.1, 0.15) is 40.5 Å². The third-order valence-corrected chi connectivity index (χ3v) is 3.94. The van der Waals surface area contributed by atoms with Crippen LogP contribution in [0.5, 0.6) is 0 Å². The molecule has 0 saturated carbocycles. The van der Waals surface area contributed by atoms with Gasteiger partial charge in [-0.1, -0.05) is 43.2 Å². The lowest BCUT2D eigenvalue weighted by atomic mass is 9.69. The van der Waals surface area contributed by atoms with Gasteiger partial charge in [-0.05, 0) is 44.1 Å². The summed E-state index contributed by atoms with van der Waals surface area (Å²) in [6.45, 7) is 9.24. The summed E-state index contributed by atoms with van der Waals surface area (Å²) in [5.74, 6) is 2.30. The van der Waals surface area contributed by atoms with E-state index in [2.05, 4.69) is 45.9 Å². The largest absolute Gasteiger partial charge is 0.0810 e. The Morgan fingerprint density at radius 2 is 1.93 bits per heavy atom. The Hall–Kier alpha value is -0.780. The predicted octanol–water partition coefficient (Wildman–Crippen LogP) is 4.50. The van der Waals surface area contributed by atoms with Crippen LogP contribution in [0.15, 0.2) is 34.9 Å². The maximum absolute atomic E-state index is 2.51. The molecule has 2 aliphatic carbocycles. The van der Waals surface area contributed by atoms with Crippen LogP contribution in [0.25, 0.3) is 0 Å². The van der Waals surface area contributed by atoms with E-state index in [1.54, 1.807) is 11.1 Å². The first-order valence-corrected chi connectivity index (χ1v) is 6.14. The van der Waals surface area contributed by atoms with Gasteiger partial charge in [0.1, 0.15) is 0 Å². The number of hydrogen-bond acceptors (Lipinski definition) is 0. The Balaban J connectivity index is 2.34. The Kier molecular flexibility index (Phi) is 2.86. The van der Waals surface area contributed by atoms with E-state index in [9.17, 15) is 0 Å². The number of hydrogen-bond donors (Lipinski definition) is 0. The monoisotopic (exact) mass is 202 g/mol. The van der Waals surface area contributed by atoms with Gasteiger partial charge in [-0.25, -0.2) is 0 Å². The molecule has 0 radical (unpaired) electrons. The third kappa shape index (κ3) is 1.95. The summed E-state index contributed by atoms with van der Waals surface area (Å²) in [5.41, 5.74) is 4.66. The van der Waals surface area contributed by atoms with Crippen LogP contribution in [-0.4, -0.2) is 0 Å². The van der Waals surface area contributed by atoms with Gasteiger partial charge in [0.15, 0.2) is 0 Å². The lowest BCUT2D eigenvalue weighted by Gasteiger charge is -2.36. The molecule has 0 fully saturated rings. The third-order valence-electron chi connectivity index (χ3n) is 3.94. The molecule has 2 aliphatic rings. The highest BCUT2D eigenvalue weighted by Crippen LogP contribution is 2.42. The van der Waals surface area contributed by atoms with E-state index in [0.29, 0.717) is 5.92 Å². The van der Waals surface area contributed by atoms with Crippen LogP contribution in [0.3, 0.4) is 0 Å². The molecule has 2 unspecified atom stereocenters. The lowest BCUT2D eigenvalue weighted by Crippen LogP contribution is -2.25. The van der Waals surface area contributed by atoms with Crippen molar-refractivity contribution in [1.82, 2.24) is 0 Å². The van der Waals surface area contributed by atoms with Crippen molar-refractivity contribution in [1.29, 1.82) is 0 Å². The van der Waals surface area contributed by atoms with Gasteiger partial charge < -0.3 is 0 Å². The standard InChI is InChI=1S/C15H22/c1-10(2)13-8-6-12(4)14-7-5-11(3)9-15(13)14/h6-7,9-10,13,15H,5,8H2,1-4H3. The highest BCUT2D eigenvalue weighted by atomic mass is 14.3. The first-order chi connectivity index (χ1) is 7.09. The Morgan fingerprint density at radius 3 is 2.60 bits per heavy atom. The van der Waals surface area contributed by atoms with Crippen molar-refractivity contribution in [2.75, 3.05) is 0 Å². The Labute approximate surface area is 93.8 Å². The van der Waals surface area contributed by atoms with Crippen molar-refractivity contribution in [3.63, 3.8) is 0 Å². The number of rotatable bonds is 1. The first-order valence-electron chi connectivity index (χ1n) is 6.14. The molecule has 0 N–H and O–H groups in total. The first kappa shape index (κ1) is 10.7. The Bertz CT molecular complexity index is 339. The minimum atomic E-state index is 0.698. The van der Waals surface area contributed by atoms with E-state index < -0.39 is 0 Å². The van der Waals surface area contributed by atoms with Gasteiger partial charge in [-0.2, -0.15) is 0 Å². The maximum Gasteiger partial charge on any atom is 0.00538 e. The molecule has 82 valence electrons. The van der Waals surface area contributed by atoms with Crippen molar-refractivity contribution in [2.24, 2.45) is 17.8 Å². The summed E-state index contributed by atoms with van der Waals surface area (Å²) in [6.07, 6.45) is 9.80. The van der Waals surface area contributed by atoms with Crippen LogP contribution in [0.4, 0.5) is 0 Å². The van der Waals surface area contributed by atoms with Crippen molar-refractivity contribution in [2.45, 2.75) is 40.5 Å². The van der Waals surface area contributed by atoms with E-state index in [4.69, 9.17) is 0 Å². The van der Waals surface area contributed by atoms with Crippen LogP contribution in [0.2, 0.25) is 0 Å². The number of fused-ring (bicyclic) bond motifs is 1. The zero-order valence-corrected chi connectivity index (χ0v) is 10.4. The normalized spacial score (nSPS) is 30.6. The molecule has 0 aromatic carbocycles. The van der Waals surface area contributed by atoms with Gasteiger partial charge in [0.25, 0.3) is 0 Å². The predicted molar refractivity (Wildman–Crippen MR) is 66.6 cm³/mol. The summed E-state index contributed by atoms with van der Waals surface area (Å²) in [5, 5.41) is 0. The topological polar surface area (TPSA) is 0 Å². The molecule has 0 aromatic rings. The molecule has 0 nitrogen and oxygen atoms in total. The summed E-state index contributed by atoms with van der Waals surface area (Å²) in [4.78, 5) is 0. The van der Waals surface area contributed by atoms with Crippen molar-refractivity contribution >= 4 is 0 Å². The molecule has 2 rings (SSSR count). The molecular weight excluding hydrogens is 180 g/mol. The second-order valence-electron chi connectivity index (χ2n) is 5.43.